The lowest BCUT2D eigenvalue weighted by Crippen LogP contribution is -2.08. The van der Waals surface area contributed by atoms with Crippen LogP contribution in [-0.4, -0.2) is 66.5 Å². The van der Waals surface area contributed by atoms with Crippen molar-refractivity contribution in [3.05, 3.63) is 105 Å². The van der Waals surface area contributed by atoms with Crippen molar-refractivity contribution < 1.29 is 59.4 Å². The molecule has 0 fully saturated rings. The zero-order chi connectivity index (χ0) is 33.5. The van der Waals surface area contributed by atoms with E-state index in [0.717, 1.165) is 18.2 Å². The summed E-state index contributed by atoms with van der Waals surface area (Å²) in [6.45, 7) is 4.81. The van der Waals surface area contributed by atoms with Crippen molar-refractivity contribution in [3.8, 4) is 33.4 Å². The van der Waals surface area contributed by atoms with E-state index >= 15 is 0 Å². The number of carbonyl (C=O) groups is 6. The van der Waals surface area contributed by atoms with Gasteiger partial charge in [0.15, 0.2) is 0 Å². The van der Waals surface area contributed by atoms with E-state index in [1.807, 2.05) is 0 Å². The molecule has 12 heteroatoms. The molecule has 0 aromatic heterocycles. The van der Waals surface area contributed by atoms with Crippen LogP contribution in [0.3, 0.4) is 0 Å². The number of hydrogen-bond acceptors (Lipinski definition) is 6. The van der Waals surface area contributed by atoms with Crippen molar-refractivity contribution in [2.24, 2.45) is 0 Å². The summed E-state index contributed by atoms with van der Waals surface area (Å²) in [5.41, 5.74) is 0.292. The summed E-state index contributed by atoms with van der Waals surface area (Å²) in [7, 11) is 0. The molecule has 4 aromatic carbocycles. The van der Waals surface area contributed by atoms with Crippen molar-refractivity contribution in [1.82, 2.24) is 0 Å². The number of rotatable bonds is 9. The Bertz CT molecular complexity index is 1660. The molecule has 0 atom stereocenters. The Morgan fingerprint density at radius 1 is 0.333 bits per heavy atom. The summed E-state index contributed by atoms with van der Waals surface area (Å²) in [6.07, 6.45) is 0. The molecule has 0 radical (unpaired) electrons. The Balaban J connectivity index is 2.27. The Hall–Kier alpha value is -6.30. The summed E-state index contributed by atoms with van der Waals surface area (Å²) < 4.78 is 0. The van der Waals surface area contributed by atoms with Gasteiger partial charge in [0.25, 0.3) is 0 Å². The number of hydrogen-bond donors (Lipinski definition) is 6. The molecule has 4 rings (SSSR count). The van der Waals surface area contributed by atoms with Crippen LogP contribution in [0, 0.1) is 20.8 Å². The Labute approximate surface area is 254 Å². The highest BCUT2D eigenvalue weighted by molar-refractivity contribution is 6.02. The van der Waals surface area contributed by atoms with E-state index in [1.165, 1.54) is 36.4 Å². The minimum atomic E-state index is -1.41. The lowest BCUT2D eigenvalue weighted by molar-refractivity contribution is 0.0676. The third-order valence-electron chi connectivity index (χ3n) is 7.40. The first-order chi connectivity index (χ1) is 21.0. The molecule has 0 aliphatic carbocycles. The van der Waals surface area contributed by atoms with E-state index in [-0.39, 0.29) is 66.8 Å². The lowest BCUT2D eigenvalue weighted by Gasteiger charge is -2.24. The Kier molecular flexibility index (Phi) is 8.27. The molecule has 0 bridgehead atoms. The highest BCUT2D eigenvalue weighted by Crippen LogP contribution is 2.45. The maximum atomic E-state index is 12.0. The van der Waals surface area contributed by atoms with Gasteiger partial charge in [-0.15, -0.1) is 0 Å². The van der Waals surface area contributed by atoms with Crippen molar-refractivity contribution in [2.75, 3.05) is 0 Å². The summed E-state index contributed by atoms with van der Waals surface area (Å²) in [5, 5.41) is 58.4. The van der Waals surface area contributed by atoms with Crippen LogP contribution >= 0.6 is 0 Å². The van der Waals surface area contributed by atoms with Gasteiger partial charge in [-0.2, -0.15) is 0 Å². The molecule has 4 aromatic rings. The fraction of sp³-hybridized carbons (Fsp3) is 0.0909. The molecule has 0 spiro atoms. The van der Waals surface area contributed by atoms with Gasteiger partial charge in [-0.3, -0.25) is 0 Å². The van der Waals surface area contributed by atoms with Crippen LogP contribution in [0.15, 0.2) is 54.6 Å². The predicted molar refractivity (Wildman–Crippen MR) is 159 cm³/mol. The van der Waals surface area contributed by atoms with Crippen LogP contribution in [0.4, 0.5) is 0 Å². The lowest BCUT2D eigenvalue weighted by atomic mass is 9.79. The molecule has 45 heavy (non-hydrogen) atoms. The van der Waals surface area contributed by atoms with Crippen LogP contribution in [0.5, 0.6) is 0 Å². The van der Waals surface area contributed by atoms with Crippen molar-refractivity contribution in [1.29, 1.82) is 0 Å². The number of carboxylic acids is 6. The maximum absolute atomic E-state index is 12.0. The molecule has 0 saturated carbocycles. The second kappa shape index (κ2) is 11.8. The minimum absolute atomic E-state index is 0.130. The first kappa shape index (κ1) is 31.6. The van der Waals surface area contributed by atoms with Gasteiger partial charge in [0, 0.05) is 0 Å². The fourth-order valence-corrected chi connectivity index (χ4v) is 5.57. The molecule has 0 amide bonds. The second-order valence-electron chi connectivity index (χ2n) is 10.2. The van der Waals surface area contributed by atoms with Gasteiger partial charge >= 0.3 is 35.8 Å². The zero-order valence-corrected chi connectivity index (χ0v) is 23.8. The quantitative estimate of drug-likeness (QED) is 0.132. The van der Waals surface area contributed by atoms with Gasteiger partial charge in [0.1, 0.15) is 0 Å². The van der Waals surface area contributed by atoms with Crippen molar-refractivity contribution in [3.63, 3.8) is 0 Å². The van der Waals surface area contributed by atoms with Crippen molar-refractivity contribution >= 4 is 35.8 Å². The molecule has 12 nitrogen and oxygen atoms in total. The highest BCUT2D eigenvalue weighted by atomic mass is 16.4. The topological polar surface area (TPSA) is 224 Å². The second-order valence-corrected chi connectivity index (χ2v) is 10.2. The number of benzene rings is 4. The Morgan fingerprint density at radius 3 is 0.622 bits per heavy atom. The van der Waals surface area contributed by atoms with Crippen LogP contribution in [-0.2, 0) is 0 Å². The summed E-state index contributed by atoms with van der Waals surface area (Å²) >= 11 is 0. The van der Waals surface area contributed by atoms with Gasteiger partial charge in [0.2, 0.25) is 0 Å². The third-order valence-corrected chi connectivity index (χ3v) is 7.40. The monoisotopic (exact) mass is 612 g/mol. The predicted octanol–water partition coefficient (Wildman–Crippen LogP) is 5.80. The molecule has 228 valence electrons. The SMILES string of the molecule is Cc1c(-c2cc(C(=O)O)cc(C(=O)O)c2)c(C)c(-c2cc(C(=O)O)cc(C(=O)O)c2)c(C)c1-c1cc(C(=O)O)cc(C(=O)O)c1. The summed E-state index contributed by atoms with van der Waals surface area (Å²) in [5.74, 6) is -8.48. The molecule has 0 saturated heterocycles. The van der Waals surface area contributed by atoms with Gasteiger partial charge in [-0.05, 0) is 125 Å². The highest BCUT2D eigenvalue weighted by Gasteiger charge is 2.25. The van der Waals surface area contributed by atoms with E-state index in [2.05, 4.69) is 0 Å². The molecule has 0 aliphatic heterocycles. The van der Waals surface area contributed by atoms with E-state index in [0.29, 0.717) is 16.7 Å². The van der Waals surface area contributed by atoms with Crippen LogP contribution in [0.25, 0.3) is 33.4 Å². The molecule has 6 N–H and O–H groups in total. The Morgan fingerprint density at radius 2 is 0.489 bits per heavy atom. The van der Waals surface area contributed by atoms with Crippen LogP contribution in [0.2, 0.25) is 0 Å². The first-order valence-corrected chi connectivity index (χ1v) is 13.0. The van der Waals surface area contributed by atoms with E-state index in [9.17, 15) is 59.4 Å². The van der Waals surface area contributed by atoms with Crippen LogP contribution in [0.1, 0.15) is 78.8 Å². The van der Waals surface area contributed by atoms with E-state index < -0.39 is 35.8 Å². The number of carboxylic acid groups (broad SMARTS) is 6. The molecule has 0 unspecified atom stereocenters. The molecule has 0 heterocycles. The minimum Gasteiger partial charge on any atom is -0.478 e. The molecular weight excluding hydrogens is 588 g/mol. The third kappa shape index (κ3) is 5.97. The van der Waals surface area contributed by atoms with Crippen molar-refractivity contribution in [2.45, 2.75) is 20.8 Å². The van der Waals surface area contributed by atoms with E-state index in [4.69, 9.17) is 0 Å². The largest absolute Gasteiger partial charge is 0.478 e. The first-order valence-electron chi connectivity index (χ1n) is 13.0. The normalized spacial score (nSPS) is 10.7. The van der Waals surface area contributed by atoms with Gasteiger partial charge in [0.05, 0.1) is 33.4 Å². The molecular formula is C33H24O12. The summed E-state index contributed by atoms with van der Waals surface area (Å²) in [4.78, 5) is 71.7. The maximum Gasteiger partial charge on any atom is 0.335 e. The standard InChI is InChI=1S/C33H24O12/c1-13-25(16-4-19(28(34)35)10-20(5-16)29(36)37)14(2)27(18-8-23(32(42)43)12-24(9-18)33(44)45)15(3)26(13)17-6-21(30(38)39)11-22(7-17)31(40)41/h4-12H,1-3H3,(H,34,35)(H,36,37)(H,38,39)(H,40,41)(H,42,43)(H,44,45). The zero-order valence-electron chi connectivity index (χ0n) is 23.8. The smallest absolute Gasteiger partial charge is 0.335 e. The van der Waals surface area contributed by atoms with Crippen LogP contribution < -0.4 is 0 Å². The average molecular weight is 613 g/mol. The van der Waals surface area contributed by atoms with Gasteiger partial charge in [-0.1, -0.05) is 0 Å². The molecule has 0 aliphatic rings. The number of aromatic carboxylic acids is 6. The fourth-order valence-electron chi connectivity index (χ4n) is 5.57. The van der Waals surface area contributed by atoms with Gasteiger partial charge < -0.3 is 30.6 Å². The summed E-state index contributed by atoms with van der Waals surface area (Å²) in [6, 6.07) is 10.3. The van der Waals surface area contributed by atoms with Gasteiger partial charge in [-0.25, -0.2) is 28.8 Å². The van der Waals surface area contributed by atoms with E-state index in [1.54, 1.807) is 20.8 Å². The average Bonchev–Trinajstić information content (AvgIpc) is 2.96.